The molecule has 0 saturated carbocycles. The molecule has 60 valence electrons. The summed E-state index contributed by atoms with van der Waals surface area (Å²) in [5.74, 6) is 0.953. The average molecular weight is 154 g/mol. The van der Waals surface area contributed by atoms with Gasteiger partial charge in [0.1, 0.15) is 5.82 Å². The minimum atomic E-state index is -0.0796. The highest BCUT2D eigenvalue weighted by Crippen LogP contribution is 1.96. The summed E-state index contributed by atoms with van der Waals surface area (Å²) in [5.41, 5.74) is 0. The predicted octanol–water partition coefficient (Wildman–Crippen LogP) is 0.462. The molecule has 1 rings (SSSR count). The van der Waals surface area contributed by atoms with Gasteiger partial charge in [0.15, 0.2) is 0 Å². The summed E-state index contributed by atoms with van der Waals surface area (Å²) in [6, 6.07) is 0. The Morgan fingerprint density at radius 3 is 2.91 bits per heavy atom. The molecule has 0 aliphatic heterocycles. The molecule has 0 unspecified atom stereocenters. The van der Waals surface area contributed by atoms with Crippen LogP contribution >= 0.6 is 0 Å². The highest BCUT2D eigenvalue weighted by atomic mass is 16.1. The fraction of sp³-hybridized carbons (Fsp3) is 0.500. The van der Waals surface area contributed by atoms with Gasteiger partial charge in [-0.1, -0.05) is 6.92 Å². The van der Waals surface area contributed by atoms with Crippen LogP contribution in [0.5, 0.6) is 0 Å². The van der Waals surface area contributed by atoms with E-state index in [-0.39, 0.29) is 5.91 Å². The van der Waals surface area contributed by atoms with Crippen molar-refractivity contribution in [3.05, 3.63) is 5.82 Å². The molecule has 2 N–H and O–H groups in total. The lowest BCUT2D eigenvalue weighted by Crippen LogP contribution is -2.10. The van der Waals surface area contributed by atoms with Gasteiger partial charge in [0.2, 0.25) is 11.9 Å². The Hall–Kier alpha value is -1.39. The molecule has 11 heavy (non-hydrogen) atoms. The van der Waals surface area contributed by atoms with Crippen LogP contribution in [0.1, 0.15) is 19.2 Å². The zero-order valence-electron chi connectivity index (χ0n) is 6.51. The Bertz CT molecular complexity index is 255. The number of amides is 1. The van der Waals surface area contributed by atoms with E-state index in [1.54, 1.807) is 13.8 Å². The highest BCUT2D eigenvalue weighted by Gasteiger charge is 2.01. The third-order valence-electron chi connectivity index (χ3n) is 1.17. The van der Waals surface area contributed by atoms with Crippen molar-refractivity contribution in [2.45, 2.75) is 20.3 Å². The van der Waals surface area contributed by atoms with E-state index in [1.165, 1.54) is 0 Å². The summed E-state index contributed by atoms with van der Waals surface area (Å²) in [6.07, 6.45) is 0.438. The number of hydrogen-bond acceptors (Lipinski definition) is 3. The van der Waals surface area contributed by atoms with Gasteiger partial charge in [-0.05, 0) is 6.92 Å². The van der Waals surface area contributed by atoms with E-state index in [9.17, 15) is 4.79 Å². The molecule has 5 heteroatoms. The molecule has 1 amide bonds. The third kappa shape index (κ3) is 2.03. The molecule has 0 spiro atoms. The largest absolute Gasteiger partial charge is 0.293 e. The van der Waals surface area contributed by atoms with E-state index in [2.05, 4.69) is 20.5 Å². The van der Waals surface area contributed by atoms with E-state index in [4.69, 9.17) is 0 Å². The summed E-state index contributed by atoms with van der Waals surface area (Å²) >= 11 is 0. The lowest BCUT2D eigenvalue weighted by atomic mass is 10.5. The first kappa shape index (κ1) is 7.71. The molecule has 0 atom stereocenters. The second kappa shape index (κ2) is 3.14. The van der Waals surface area contributed by atoms with Crippen LogP contribution in [-0.4, -0.2) is 21.1 Å². The monoisotopic (exact) mass is 154 g/mol. The van der Waals surface area contributed by atoms with E-state index in [0.717, 1.165) is 0 Å². The number of nitrogens with zero attached hydrogens (tertiary/aromatic N) is 2. The smallest absolute Gasteiger partial charge is 0.248 e. The quantitative estimate of drug-likeness (QED) is 0.650. The van der Waals surface area contributed by atoms with Crippen LogP contribution in [-0.2, 0) is 4.79 Å². The van der Waals surface area contributed by atoms with Crippen molar-refractivity contribution in [3.63, 3.8) is 0 Å². The second-order valence-electron chi connectivity index (χ2n) is 2.15. The first-order chi connectivity index (χ1) is 5.22. The average Bonchev–Trinajstić information content (AvgIpc) is 2.35. The zero-order chi connectivity index (χ0) is 8.27. The van der Waals surface area contributed by atoms with Crippen LogP contribution in [0.15, 0.2) is 0 Å². The Morgan fingerprint density at radius 1 is 1.73 bits per heavy atom. The van der Waals surface area contributed by atoms with Crippen molar-refractivity contribution in [2.75, 3.05) is 5.32 Å². The van der Waals surface area contributed by atoms with Crippen LogP contribution in [0.25, 0.3) is 0 Å². The van der Waals surface area contributed by atoms with E-state index < -0.39 is 0 Å². The molecule has 0 aromatic carbocycles. The fourth-order valence-electron chi connectivity index (χ4n) is 0.612. The number of H-pyrrole nitrogens is 1. The molecule has 5 nitrogen and oxygen atoms in total. The molecule has 1 aromatic rings. The van der Waals surface area contributed by atoms with Crippen molar-refractivity contribution in [3.8, 4) is 0 Å². The molecule has 0 aliphatic carbocycles. The first-order valence-electron chi connectivity index (χ1n) is 3.41. The summed E-state index contributed by atoms with van der Waals surface area (Å²) < 4.78 is 0. The number of carbonyl (C=O) groups is 1. The lowest BCUT2D eigenvalue weighted by Gasteiger charge is -1.93. The maximum absolute atomic E-state index is 10.8. The van der Waals surface area contributed by atoms with Crippen LogP contribution in [0.4, 0.5) is 5.95 Å². The van der Waals surface area contributed by atoms with E-state index >= 15 is 0 Å². The van der Waals surface area contributed by atoms with Gasteiger partial charge in [-0.15, -0.1) is 5.10 Å². The fourth-order valence-corrected chi connectivity index (χ4v) is 0.612. The molecule has 0 aliphatic rings. The van der Waals surface area contributed by atoms with Crippen LogP contribution in [0, 0.1) is 6.92 Å². The minimum absolute atomic E-state index is 0.0796. The van der Waals surface area contributed by atoms with Gasteiger partial charge >= 0.3 is 0 Å². The summed E-state index contributed by atoms with van der Waals surface area (Å²) in [6.45, 7) is 3.55. The number of aromatic amines is 1. The molecule has 0 bridgehead atoms. The molecule has 1 heterocycles. The van der Waals surface area contributed by atoms with Crippen LogP contribution < -0.4 is 5.32 Å². The summed E-state index contributed by atoms with van der Waals surface area (Å²) in [5, 5.41) is 8.88. The van der Waals surface area contributed by atoms with E-state index in [1.807, 2.05) is 0 Å². The third-order valence-corrected chi connectivity index (χ3v) is 1.17. The highest BCUT2D eigenvalue weighted by molar-refractivity contribution is 5.88. The van der Waals surface area contributed by atoms with Gasteiger partial charge in [-0.2, -0.15) is 4.98 Å². The van der Waals surface area contributed by atoms with Gasteiger partial charge in [0, 0.05) is 6.42 Å². The SMILES string of the molecule is CCC(=O)Nc1n[nH]c(C)n1. The molecule has 0 fully saturated rings. The summed E-state index contributed by atoms with van der Waals surface area (Å²) in [4.78, 5) is 14.7. The van der Waals surface area contributed by atoms with Crippen LogP contribution in [0.3, 0.4) is 0 Å². The maximum Gasteiger partial charge on any atom is 0.248 e. The van der Waals surface area contributed by atoms with Gasteiger partial charge < -0.3 is 0 Å². The minimum Gasteiger partial charge on any atom is -0.293 e. The van der Waals surface area contributed by atoms with Crippen molar-refractivity contribution in [2.24, 2.45) is 0 Å². The van der Waals surface area contributed by atoms with Gasteiger partial charge in [0.25, 0.3) is 0 Å². The van der Waals surface area contributed by atoms with Crippen LogP contribution in [0.2, 0.25) is 0 Å². The Kier molecular flexibility index (Phi) is 2.20. The summed E-state index contributed by atoms with van der Waals surface area (Å²) in [7, 11) is 0. The Labute approximate surface area is 64.2 Å². The molecular weight excluding hydrogens is 144 g/mol. The molecular formula is C6H10N4O. The van der Waals surface area contributed by atoms with Crippen molar-refractivity contribution in [1.82, 2.24) is 15.2 Å². The van der Waals surface area contributed by atoms with E-state index in [0.29, 0.717) is 18.2 Å². The maximum atomic E-state index is 10.8. The number of anilines is 1. The van der Waals surface area contributed by atoms with Crippen molar-refractivity contribution >= 4 is 11.9 Å². The standard InChI is InChI=1S/C6H10N4O/c1-3-5(11)8-6-7-4(2)9-10-6/h3H2,1-2H3,(H2,7,8,9,10,11). The topological polar surface area (TPSA) is 70.7 Å². The number of rotatable bonds is 2. The molecule has 0 radical (unpaired) electrons. The number of aromatic nitrogens is 3. The predicted molar refractivity (Wildman–Crippen MR) is 40.0 cm³/mol. The number of hydrogen-bond donors (Lipinski definition) is 2. The Morgan fingerprint density at radius 2 is 2.45 bits per heavy atom. The molecule has 1 aromatic heterocycles. The number of aryl methyl sites for hydroxylation is 1. The second-order valence-corrected chi connectivity index (χ2v) is 2.15. The Balaban J connectivity index is 2.57. The van der Waals surface area contributed by atoms with Crippen molar-refractivity contribution < 1.29 is 4.79 Å². The first-order valence-corrected chi connectivity index (χ1v) is 3.41. The van der Waals surface area contributed by atoms with Gasteiger partial charge in [0.05, 0.1) is 0 Å². The van der Waals surface area contributed by atoms with Gasteiger partial charge in [-0.25, -0.2) is 0 Å². The number of nitrogens with one attached hydrogen (secondary N) is 2. The van der Waals surface area contributed by atoms with Crippen molar-refractivity contribution in [1.29, 1.82) is 0 Å². The normalized spacial score (nSPS) is 9.64. The number of carbonyl (C=O) groups excluding carboxylic acids is 1. The molecule has 0 saturated heterocycles. The van der Waals surface area contributed by atoms with Gasteiger partial charge in [-0.3, -0.25) is 15.2 Å². The lowest BCUT2D eigenvalue weighted by molar-refractivity contribution is -0.115. The zero-order valence-corrected chi connectivity index (χ0v) is 6.51.